The first-order valence-corrected chi connectivity index (χ1v) is 10.8. The summed E-state index contributed by atoms with van der Waals surface area (Å²) in [6.45, 7) is 5.49. The molecular weight excluding hydrogens is 374 g/mol. The highest BCUT2D eigenvalue weighted by atomic mass is 32.1. The zero-order valence-electron chi connectivity index (χ0n) is 16.4. The fourth-order valence-corrected chi connectivity index (χ4v) is 5.61. The molecule has 2 aromatic rings. The first-order valence-electron chi connectivity index (χ1n) is 9.99. The van der Waals surface area contributed by atoms with E-state index in [0.29, 0.717) is 29.8 Å². The van der Waals surface area contributed by atoms with Gasteiger partial charge in [0.1, 0.15) is 4.88 Å². The van der Waals surface area contributed by atoms with Gasteiger partial charge in [0, 0.05) is 49.8 Å². The van der Waals surface area contributed by atoms with Gasteiger partial charge in [-0.3, -0.25) is 14.3 Å². The summed E-state index contributed by atoms with van der Waals surface area (Å²) in [6, 6.07) is 2.31. The van der Waals surface area contributed by atoms with Crippen molar-refractivity contribution < 1.29 is 9.59 Å². The van der Waals surface area contributed by atoms with Crippen molar-refractivity contribution in [2.24, 2.45) is 13.0 Å². The maximum atomic E-state index is 13.0. The van der Waals surface area contributed by atoms with Crippen LogP contribution in [0.2, 0.25) is 0 Å². The van der Waals surface area contributed by atoms with E-state index < -0.39 is 0 Å². The van der Waals surface area contributed by atoms with Crippen LogP contribution in [0.1, 0.15) is 58.9 Å². The summed E-state index contributed by atoms with van der Waals surface area (Å²) in [5, 5.41) is 5.22. The number of rotatable bonds is 4. The predicted molar refractivity (Wildman–Crippen MR) is 105 cm³/mol. The number of thiazole rings is 1. The van der Waals surface area contributed by atoms with Gasteiger partial charge >= 0.3 is 0 Å². The number of fused-ring (bicyclic) bond motifs is 2. The molecule has 0 N–H and O–H groups in total. The Morgan fingerprint density at radius 3 is 2.54 bits per heavy atom. The Labute approximate surface area is 168 Å². The highest BCUT2D eigenvalue weighted by Crippen LogP contribution is 2.49. The summed E-state index contributed by atoms with van der Waals surface area (Å²) in [6.07, 6.45) is 5.31. The van der Waals surface area contributed by atoms with Crippen LogP contribution >= 0.6 is 11.3 Å². The van der Waals surface area contributed by atoms with E-state index in [-0.39, 0.29) is 29.8 Å². The molecule has 1 saturated carbocycles. The van der Waals surface area contributed by atoms with Crippen molar-refractivity contribution in [1.82, 2.24) is 24.6 Å². The first-order chi connectivity index (χ1) is 13.4. The van der Waals surface area contributed by atoms with E-state index in [1.165, 1.54) is 11.3 Å². The molecule has 3 fully saturated rings. The van der Waals surface area contributed by atoms with Crippen molar-refractivity contribution >= 4 is 23.2 Å². The Balaban J connectivity index is 1.23. The van der Waals surface area contributed by atoms with Crippen molar-refractivity contribution in [1.29, 1.82) is 0 Å². The molecule has 2 amide bonds. The normalized spacial score (nSPS) is 28.4. The molecule has 28 heavy (non-hydrogen) atoms. The highest BCUT2D eigenvalue weighted by Gasteiger charge is 2.53. The average Bonchev–Trinajstić information content (AvgIpc) is 3.15. The molecule has 4 atom stereocenters. The van der Waals surface area contributed by atoms with Crippen molar-refractivity contribution in [3.05, 3.63) is 34.0 Å². The van der Waals surface area contributed by atoms with E-state index in [9.17, 15) is 9.59 Å². The number of amides is 2. The molecule has 148 valence electrons. The zero-order valence-corrected chi connectivity index (χ0v) is 17.2. The van der Waals surface area contributed by atoms with Crippen molar-refractivity contribution in [2.75, 3.05) is 13.1 Å². The maximum absolute atomic E-state index is 13.0. The fraction of sp³-hybridized carbons (Fsp3) is 0.600. The van der Waals surface area contributed by atoms with Gasteiger partial charge in [0.25, 0.3) is 5.91 Å². The molecule has 2 saturated heterocycles. The molecule has 8 heteroatoms. The van der Waals surface area contributed by atoms with Crippen LogP contribution in [-0.4, -0.2) is 61.6 Å². The van der Waals surface area contributed by atoms with Crippen LogP contribution in [0.4, 0.5) is 0 Å². The van der Waals surface area contributed by atoms with Crippen LogP contribution in [-0.2, 0) is 11.8 Å². The van der Waals surface area contributed by atoms with Gasteiger partial charge in [-0.2, -0.15) is 5.10 Å². The molecule has 2 aromatic heterocycles. The van der Waals surface area contributed by atoms with Crippen LogP contribution in [0.15, 0.2) is 18.5 Å². The Morgan fingerprint density at radius 2 is 1.93 bits per heavy atom. The lowest BCUT2D eigenvalue weighted by Crippen LogP contribution is -2.51. The molecule has 3 aliphatic rings. The van der Waals surface area contributed by atoms with E-state index in [0.717, 1.165) is 23.5 Å². The molecule has 0 spiro atoms. The minimum Gasteiger partial charge on any atom is -0.336 e. The topological polar surface area (TPSA) is 71.3 Å². The summed E-state index contributed by atoms with van der Waals surface area (Å²) < 4.78 is 1.87. The Kier molecular flexibility index (Phi) is 4.08. The van der Waals surface area contributed by atoms with Gasteiger partial charge in [-0.05, 0) is 18.9 Å². The smallest absolute Gasteiger partial charge is 0.265 e. The van der Waals surface area contributed by atoms with Crippen molar-refractivity contribution in [3.63, 3.8) is 0 Å². The number of likely N-dealkylation sites (tertiary alicyclic amines) is 2. The Bertz CT molecular complexity index is 935. The van der Waals surface area contributed by atoms with Gasteiger partial charge in [-0.15, -0.1) is 11.3 Å². The third-order valence-corrected chi connectivity index (χ3v) is 7.65. The number of aromatic nitrogens is 3. The number of nitrogens with zero attached hydrogens (tertiary/aromatic N) is 5. The predicted octanol–water partition coefficient (Wildman–Crippen LogP) is 2.23. The third kappa shape index (κ3) is 2.77. The second kappa shape index (κ2) is 6.40. The maximum Gasteiger partial charge on any atom is 0.265 e. The van der Waals surface area contributed by atoms with Gasteiger partial charge < -0.3 is 9.80 Å². The third-order valence-electron chi connectivity index (χ3n) is 6.36. The van der Waals surface area contributed by atoms with E-state index in [1.54, 1.807) is 12.4 Å². The van der Waals surface area contributed by atoms with E-state index >= 15 is 0 Å². The fourth-order valence-electron chi connectivity index (χ4n) is 4.74. The molecule has 5 rings (SSSR count). The van der Waals surface area contributed by atoms with Crippen LogP contribution in [0.3, 0.4) is 0 Å². The first kappa shape index (κ1) is 17.8. The van der Waals surface area contributed by atoms with Crippen LogP contribution in [0.25, 0.3) is 0 Å². The minimum absolute atomic E-state index is 0.0724. The number of carbonyl (C=O) groups excluding carboxylic acids is 2. The number of aryl methyl sites for hydroxylation is 1. The second-order valence-corrected chi connectivity index (χ2v) is 9.60. The summed E-state index contributed by atoms with van der Waals surface area (Å²) in [5.74, 6) is 1.03. The molecule has 2 aliphatic heterocycles. The number of piperazine rings is 1. The van der Waals surface area contributed by atoms with Gasteiger partial charge in [0.2, 0.25) is 5.91 Å². The average molecular weight is 400 g/mol. The van der Waals surface area contributed by atoms with Gasteiger partial charge in [-0.1, -0.05) is 13.8 Å². The SMILES string of the molecule is CC(C)c1ncc(C(=O)N2C[C@@H]3C[C@H]2CN3C(=O)[C@@H]2C[C@H]2c2ccnn2C)s1. The quantitative estimate of drug-likeness (QED) is 0.790. The van der Waals surface area contributed by atoms with Crippen LogP contribution < -0.4 is 0 Å². The molecule has 0 unspecified atom stereocenters. The Morgan fingerprint density at radius 1 is 1.18 bits per heavy atom. The molecule has 0 radical (unpaired) electrons. The lowest BCUT2D eigenvalue weighted by Gasteiger charge is -2.34. The largest absolute Gasteiger partial charge is 0.336 e. The van der Waals surface area contributed by atoms with Crippen LogP contribution in [0.5, 0.6) is 0 Å². The molecule has 0 aromatic carbocycles. The van der Waals surface area contributed by atoms with Crippen LogP contribution in [0, 0.1) is 5.92 Å². The van der Waals surface area contributed by atoms with E-state index in [1.807, 2.05) is 27.6 Å². The molecule has 2 bridgehead atoms. The number of hydrogen-bond donors (Lipinski definition) is 0. The molecule has 4 heterocycles. The van der Waals surface area contributed by atoms with Crippen molar-refractivity contribution in [3.8, 4) is 0 Å². The monoisotopic (exact) mass is 399 g/mol. The molecule has 7 nitrogen and oxygen atoms in total. The zero-order chi connectivity index (χ0) is 19.6. The lowest BCUT2D eigenvalue weighted by molar-refractivity contribution is -0.134. The van der Waals surface area contributed by atoms with Gasteiger partial charge in [0.05, 0.1) is 23.3 Å². The summed E-state index contributed by atoms with van der Waals surface area (Å²) >= 11 is 1.49. The summed E-state index contributed by atoms with van der Waals surface area (Å²) in [5.41, 5.74) is 1.14. The van der Waals surface area contributed by atoms with E-state index in [2.05, 4.69) is 23.9 Å². The minimum atomic E-state index is 0.0724. The second-order valence-electron chi connectivity index (χ2n) is 8.54. The highest BCUT2D eigenvalue weighted by molar-refractivity contribution is 7.13. The molecule has 1 aliphatic carbocycles. The number of hydrogen-bond acceptors (Lipinski definition) is 5. The summed E-state index contributed by atoms with van der Waals surface area (Å²) in [7, 11) is 1.93. The Hall–Kier alpha value is -2.22. The number of carbonyl (C=O) groups is 2. The molecular formula is C20H25N5O2S. The van der Waals surface area contributed by atoms with Gasteiger partial charge in [0.15, 0.2) is 0 Å². The standard InChI is InChI=1S/C20H25N5O2S/c1-11(2)18-21-8-17(28-18)20(27)25-10-12-6-13(25)9-24(12)19(26)15-7-14(15)16-4-5-22-23(16)3/h4-5,8,11-15H,6-7,9-10H2,1-3H3/t12-,13-,14+,15+/m0/s1. The van der Waals surface area contributed by atoms with E-state index in [4.69, 9.17) is 0 Å². The van der Waals surface area contributed by atoms with Gasteiger partial charge in [-0.25, -0.2) is 4.98 Å². The summed E-state index contributed by atoms with van der Waals surface area (Å²) in [4.78, 5) is 35.0. The van der Waals surface area contributed by atoms with Crippen molar-refractivity contribution in [2.45, 2.75) is 50.6 Å². The lowest BCUT2D eigenvalue weighted by atomic mass is 10.2.